The Hall–Kier alpha value is -1.49. The lowest BCUT2D eigenvalue weighted by Gasteiger charge is -2.06. The van der Waals surface area contributed by atoms with E-state index in [0.717, 1.165) is 10.0 Å². The van der Waals surface area contributed by atoms with Gasteiger partial charge in [0.2, 0.25) is 0 Å². The third kappa shape index (κ3) is 6.24. The molecule has 0 saturated heterocycles. The molecule has 4 aromatic carbocycles. The Bertz CT molecular complexity index is 970. The van der Waals surface area contributed by atoms with Gasteiger partial charge in [0.25, 0.3) is 0 Å². The van der Waals surface area contributed by atoms with E-state index in [0.29, 0.717) is 0 Å². The van der Waals surface area contributed by atoms with Crippen LogP contribution in [0.15, 0.2) is 126 Å². The summed E-state index contributed by atoms with van der Waals surface area (Å²) in [4.78, 5) is 7.25. The van der Waals surface area contributed by atoms with Gasteiger partial charge in [0.1, 0.15) is 0 Å². The Morgan fingerprint density at radius 2 is 0.483 bits per heavy atom. The second-order valence-corrected chi connectivity index (χ2v) is 10.5. The van der Waals surface area contributed by atoms with E-state index in [2.05, 4.69) is 48.5 Å². The van der Waals surface area contributed by atoms with Crippen LogP contribution in [0, 0.1) is 0 Å². The van der Waals surface area contributed by atoms with Crippen LogP contribution < -0.4 is 0 Å². The van der Waals surface area contributed by atoms with E-state index in [1.165, 1.54) is 29.4 Å². The van der Waals surface area contributed by atoms with Crippen LogP contribution in [0.2, 0.25) is 10.0 Å². The van der Waals surface area contributed by atoms with Crippen LogP contribution in [0.5, 0.6) is 0 Å². The smallest absolute Gasteiger partial charge is 0.0406 e. The number of benzene rings is 4. The van der Waals surface area contributed by atoms with Crippen molar-refractivity contribution in [2.45, 2.75) is 29.4 Å². The molecule has 0 radical (unpaired) electrons. The maximum atomic E-state index is 5.95. The molecule has 0 fully saturated rings. The van der Waals surface area contributed by atoms with Gasteiger partial charge in [0.15, 0.2) is 0 Å². The van der Waals surface area contributed by atoms with E-state index < -0.39 is 0 Å². The molecular weight excluding hydrogens is 455 g/mol. The van der Waals surface area contributed by atoms with Gasteiger partial charge in [0, 0.05) is 39.4 Å². The molecule has 0 aromatic heterocycles. The van der Waals surface area contributed by atoms with Crippen LogP contribution in [-0.2, 0) is 0 Å². The van der Waals surface area contributed by atoms with E-state index in [9.17, 15) is 0 Å². The maximum Gasteiger partial charge on any atom is 0.0406 e. The Labute approximate surface area is 194 Å². The van der Waals surface area contributed by atoms with Crippen LogP contribution in [-0.4, -0.2) is 0 Å². The standard InChI is InChI=1S/C24H16Cl2S3/c25-17-1-5-19(6-2-17)27-21-9-13-23(14-10-21)29-24-15-11-22(12-16-24)28-20-7-3-18(26)4-8-20/h1-16H. The molecule has 0 heterocycles. The lowest BCUT2D eigenvalue weighted by Crippen LogP contribution is -1.78. The minimum Gasteiger partial charge on any atom is -0.0901 e. The van der Waals surface area contributed by atoms with Crippen molar-refractivity contribution in [1.82, 2.24) is 0 Å². The molecule has 0 atom stereocenters. The molecule has 0 aliphatic heterocycles. The molecule has 5 heteroatoms. The molecule has 144 valence electrons. The summed E-state index contributed by atoms with van der Waals surface area (Å²) >= 11 is 17.1. The minimum absolute atomic E-state index is 0.763. The van der Waals surface area contributed by atoms with Gasteiger partial charge in [-0.05, 0) is 97.1 Å². The van der Waals surface area contributed by atoms with Crippen LogP contribution in [0.25, 0.3) is 0 Å². The highest BCUT2D eigenvalue weighted by molar-refractivity contribution is 8.00. The van der Waals surface area contributed by atoms with Crippen LogP contribution in [0.3, 0.4) is 0 Å². The van der Waals surface area contributed by atoms with Crippen LogP contribution in [0.4, 0.5) is 0 Å². The fourth-order valence-electron chi connectivity index (χ4n) is 2.56. The highest BCUT2D eigenvalue weighted by Crippen LogP contribution is 2.34. The summed E-state index contributed by atoms with van der Waals surface area (Å²) in [7, 11) is 0. The third-order valence-electron chi connectivity index (χ3n) is 3.98. The highest BCUT2D eigenvalue weighted by Gasteiger charge is 2.02. The first-order chi connectivity index (χ1) is 14.1. The SMILES string of the molecule is Clc1ccc(Sc2ccc(Sc3ccc(Sc4ccc(Cl)cc4)cc3)cc2)cc1. The molecule has 0 aliphatic rings. The van der Waals surface area contributed by atoms with Crippen molar-refractivity contribution >= 4 is 58.5 Å². The van der Waals surface area contributed by atoms with Gasteiger partial charge in [-0.3, -0.25) is 0 Å². The van der Waals surface area contributed by atoms with Crippen molar-refractivity contribution in [3.63, 3.8) is 0 Å². The molecule has 0 amide bonds. The zero-order valence-electron chi connectivity index (χ0n) is 15.2. The molecule has 4 rings (SSSR count). The summed E-state index contributed by atoms with van der Waals surface area (Å²) in [5.41, 5.74) is 0. The van der Waals surface area contributed by atoms with Crippen molar-refractivity contribution in [2.24, 2.45) is 0 Å². The predicted octanol–water partition coefficient (Wildman–Crippen LogP) is 9.45. The Kier molecular flexibility index (Phi) is 7.17. The molecule has 0 saturated carbocycles. The van der Waals surface area contributed by atoms with Crippen molar-refractivity contribution in [2.75, 3.05) is 0 Å². The Balaban J connectivity index is 1.36. The number of halogens is 2. The lowest BCUT2D eigenvalue weighted by atomic mass is 10.4. The Morgan fingerprint density at radius 1 is 0.310 bits per heavy atom. The monoisotopic (exact) mass is 470 g/mol. The summed E-state index contributed by atoms with van der Waals surface area (Å²) in [6.45, 7) is 0. The summed E-state index contributed by atoms with van der Waals surface area (Å²) in [6.07, 6.45) is 0. The second-order valence-electron chi connectivity index (χ2n) is 6.16. The molecule has 29 heavy (non-hydrogen) atoms. The van der Waals surface area contributed by atoms with Crippen molar-refractivity contribution in [1.29, 1.82) is 0 Å². The summed E-state index contributed by atoms with van der Waals surface area (Å²) in [5, 5.41) is 1.53. The zero-order chi connectivity index (χ0) is 20.1. The maximum absolute atomic E-state index is 5.95. The topological polar surface area (TPSA) is 0 Å². The van der Waals surface area contributed by atoms with Gasteiger partial charge >= 0.3 is 0 Å². The largest absolute Gasteiger partial charge is 0.0901 e. The summed E-state index contributed by atoms with van der Waals surface area (Å²) in [6, 6.07) is 33.1. The van der Waals surface area contributed by atoms with E-state index in [1.54, 1.807) is 35.3 Å². The molecule has 4 aromatic rings. The van der Waals surface area contributed by atoms with E-state index in [1.807, 2.05) is 48.5 Å². The first kappa shape index (κ1) is 20.8. The van der Waals surface area contributed by atoms with Crippen molar-refractivity contribution < 1.29 is 0 Å². The van der Waals surface area contributed by atoms with Gasteiger partial charge < -0.3 is 0 Å². The molecule has 0 bridgehead atoms. The minimum atomic E-state index is 0.763. The zero-order valence-corrected chi connectivity index (χ0v) is 19.2. The predicted molar refractivity (Wildman–Crippen MR) is 128 cm³/mol. The Morgan fingerprint density at radius 3 is 0.690 bits per heavy atom. The average molecular weight is 471 g/mol. The fraction of sp³-hybridized carbons (Fsp3) is 0. The summed E-state index contributed by atoms with van der Waals surface area (Å²) in [5.74, 6) is 0. The molecule has 0 N–H and O–H groups in total. The van der Waals surface area contributed by atoms with Crippen LogP contribution >= 0.6 is 58.5 Å². The molecule has 0 nitrogen and oxygen atoms in total. The van der Waals surface area contributed by atoms with Gasteiger partial charge in [-0.2, -0.15) is 0 Å². The van der Waals surface area contributed by atoms with Gasteiger partial charge in [-0.25, -0.2) is 0 Å². The molecular formula is C24H16Cl2S3. The molecule has 0 unspecified atom stereocenters. The lowest BCUT2D eigenvalue weighted by molar-refractivity contribution is 1.31. The number of hydrogen-bond acceptors (Lipinski definition) is 3. The third-order valence-corrected chi connectivity index (χ3v) is 7.53. The van der Waals surface area contributed by atoms with Crippen LogP contribution in [0.1, 0.15) is 0 Å². The van der Waals surface area contributed by atoms with Gasteiger partial charge in [-0.1, -0.05) is 58.5 Å². The first-order valence-corrected chi connectivity index (χ1v) is 12.1. The second kappa shape index (κ2) is 10.0. The van der Waals surface area contributed by atoms with Gasteiger partial charge in [-0.15, -0.1) is 0 Å². The first-order valence-electron chi connectivity index (χ1n) is 8.89. The molecule has 0 spiro atoms. The van der Waals surface area contributed by atoms with E-state index >= 15 is 0 Å². The summed E-state index contributed by atoms with van der Waals surface area (Å²) < 4.78 is 0. The molecule has 0 aliphatic carbocycles. The van der Waals surface area contributed by atoms with E-state index in [4.69, 9.17) is 23.2 Å². The number of hydrogen-bond donors (Lipinski definition) is 0. The normalized spacial score (nSPS) is 10.8. The highest BCUT2D eigenvalue weighted by atomic mass is 35.5. The quantitative estimate of drug-likeness (QED) is 0.275. The van der Waals surface area contributed by atoms with Gasteiger partial charge in [0.05, 0.1) is 0 Å². The fourth-order valence-corrected chi connectivity index (χ4v) is 5.27. The van der Waals surface area contributed by atoms with E-state index in [-0.39, 0.29) is 0 Å². The van der Waals surface area contributed by atoms with Crippen molar-refractivity contribution in [3.8, 4) is 0 Å². The average Bonchev–Trinajstić information content (AvgIpc) is 2.74. The van der Waals surface area contributed by atoms with Crippen molar-refractivity contribution in [3.05, 3.63) is 107 Å². The number of rotatable bonds is 6.